The zero-order valence-corrected chi connectivity index (χ0v) is 13.0. The molecule has 1 rings (SSSR count). The van der Waals surface area contributed by atoms with Gasteiger partial charge in [0.25, 0.3) is 0 Å². The van der Waals surface area contributed by atoms with Crippen LogP contribution < -0.4 is 0 Å². The van der Waals surface area contributed by atoms with Crippen LogP contribution in [-0.4, -0.2) is 26.3 Å². The molecule has 0 spiro atoms. The smallest absolute Gasteiger partial charge is 0.333 e. The Hall–Kier alpha value is -2.64. The summed E-state index contributed by atoms with van der Waals surface area (Å²) < 4.78 is 9.35. The second kappa shape index (κ2) is 13.3. The number of allylic oxidation sites excluding steroid dienone is 3. The van der Waals surface area contributed by atoms with E-state index in [0.717, 1.165) is 5.56 Å². The van der Waals surface area contributed by atoms with E-state index in [1.54, 1.807) is 20.1 Å². The topological polar surface area (TPSA) is 59.3 Å². The Bertz CT molecular complexity index is 539. The molecule has 4 heteroatoms. The summed E-state index contributed by atoms with van der Waals surface area (Å²) in [6.45, 7) is 5.75. The molecule has 0 aliphatic rings. The molecule has 116 valence electrons. The van der Waals surface area contributed by atoms with Crippen LogP contribution in [0.1, 0.15) is 12.5 Å². The van der Waals surface area contributed by atoms with Crippen LogP contribution in [0.2, 0.25) is 0 Å². The van der Waals surface area contributed by atoms with Crippen molar-refractivity contribution in [3.05, 3.63) is 66.3 Å². The summed E-state index contributed by atoms with van der Waals surface area (Å²) in [7, 11) is 1.55. The Morgan fingerprint density at radius 1 is 1.27 bits per heavy atom. The van der Waals surface area contributed by atoms with Gasteiger partial charge in [-0.1, -0.05) is 55.1 Å². The first-order valence-corrected chi connectivity index (χ1v) is 6.71. The summed E-state index contributed by atoms with van der Waals surface area (Å²) in [4.78, 5) is 10.6. The van der Waals surface area contributed by atoms with Gasteiger partial charge in [0.1, 0.15) is 6.61 Å². The molecule has 22 heavy (non-hydrogen) atoms. The first-order chi connectivity index (χ1) is 10.6. The number of nitrogens with zero attached hydrogens (tertiary/aromatic N) is 1. The van der Waals surface area contributed by atoms with Crippen molar-refractivity contribution in [2.75, 3.05) is 20.3 Å². The molecule has 0 heterocycles. The third kappa shape index (κ3) is 11.2. The highest BCUT2D eigenvalue weighted by molar-refractivity contribution is 5.86. The first kappa shape index (κ1) is 19.4. The van der Waals surface area contributed by atoms with Gasteiger partial charge in [-0.2, -0.15) is 5.26 Å². The third-order valence-electron chi connectivity index (χ3n) is 2.24. The molecule has 0 N–H and O–H groups in total. The maximum Gasteiger partial charge on any atom is 0.333 e. The number of methoxy groups -OCH3 is 1. The maximum atomic E-state index is 10.6. The van der Waals surface area contributed by atoms with E-state index in [4.69, 9.17) is 5.26 Å². The second-order valence-corrected chi connectivity index (χ2v) is 4.17. The van der Waals surface area contributed by atoms with Crippen molar-refractivity contribution in [1.82, 2.24) is 0 Å². The number of hydrogen-bond donors (Lipinski definition) is 0. The fourth-order valence-electron chi connectivity index (χ4n) is 1.17. The average Bonchev–Trinajstić information content (AvgIpc) is 2.53. The zero-order chi connectivity index (χ0) is 16.6. The zero-order valence-electron chi connectivity index (χ0n) is 13.0. The fourth-order valence-corrected chi connectivity index (χ4v) is 1.17. The highest BCUT2D eigenvalue weighted by Crippen LogP contribution is 2.00. The molecule has 0 atom stereocenters. The van der Waals surface area contributed by atoms with Gasteiger partial charge in [0.2, 0.25) is 0 Å². The number of nitriles is 1. The fraction of sp³-hybridized carbons (Fsp3) is 0.222. The lowest BCUT2D eigenvalue weighted by Crippen LogP contribution is -2.09. The van der Waals surface area contributed by atoms with E-state index in [2.05, 4.69) is 16.1 Å². The molecule has 0 bridgehead atoms. The van der Waals surface area contributed by atoms with Crippen LogP contribution >= 0.6 is 0 Å². The minimum atomic E-state index is -0.364. The lowest BCUT2D eigenvalue weighted by Gasteiger charge is -2.01. The van der Waals surface area contributed by atoms with Crippen molar-refractivity contribution in [3.8, 4) is 6.07 Å². The van der Waals surface area contributed by atoms with Crippen molar-refractivity contribution < 1.29 is 14.3 Å². The minimum absolute atomic E-state index is 0.294. The van der Waals surface area contributed by atoms with Crippen molar-refractivity contribution in [3.63, 3.8) is 0 Å². The Balaban J connectivity index is 0.000000409. The van der Waals surface area contributed by atoms with E-state index in [1.807, 2.05) is 48.6 Å². The van der Waals surface area contributed by atoms with Crippen LogP contribution in [0, 0.1) is 11.3 Å². The van der Waals surface area contributed by atoms with Crippen LogP contribution in [0.4, 0.5) is 0 Å². The Morgan fingerprint density at radius 2 is 1.95 bits per heavy atom. The van der Waals surface area contributed by atoms with Gasteiger partial charge in [-0.05, 0) is 12.5 Å². The van der Waals surface area contributed by atoms with E-state index >= 15 is 0 Å². The molecule has 0 aromatic heterocycles. The number of carbonyl (C=O) groups excluding carboxylic acids is 1. The number of hydrogen-bond acceptors (Lipinski definition) is 4. The molecule has 1 aromatic carbocycles. The third-order valence-corrected chi connectivity index (χ3v) is 2.24. The molecule has 0 saturated heterocycles. The highest BCUT2D eigenvalue weighted by Gasteiger charge is 2.00. The monoisotopic (exact) mass is 299 g/mol. The number of carbonyl (C=O) groups is 1. The van der Waals surface area contributed by atoms with Crippen LogP contribution in [0.3, 0.4) is 0 Å². The standard InChI is InChI=1S/C11H9N.C7H12O3/c12-10-6-2-5-9-11-7-3-1-4-8-11;1-6(2)7(8)10-5-4-9-3/h1-9H;1,4-5H2,2-3H3. The highest BCUT2D eigenvalue weighted by atomic mass is 16.6. The molecular weight excluding hydrogens is 278 g/mol. The number of rotatable bonds is 6. The SMILES string of the molecule is C=C(C)C(=O)OCCOC.N#CC=CC=Cc1ccccc1. The van der Waals surface area contributed by atoms with E-state index < -0.39 is 0 Å². The summed E-state index contributed by atoms with van der Waals surface area (Å²) in [6.07, 6.45) is 6.96. The lowest BCUT2D eigenvalue weighted by molar-refractivity contribution is -0.140. The molecule has 0 fully saturated rings. The summed E-state index contributed by atoms with van der Waals surface area (Å²) in [5.41, 5.74) is 1.55. The Kier molecular flexibility index (Phi) is 11.7. The average molecular weight is 299 g/mol. The summed E-state index contributed by atoms with van der Waals surface area (Å²) in [6, 6.07) is 11.9. The van der Waals surface area contributed by atoms with Crippen molar-refractivity contribution in [2.45, 2.75) is 6.92 Å². The Morgan fingerprint density at radius 3 is 2.50 bits per heavy atom. The molecule has 0 saturated carbocycles. The number of esters is 1. The number of benzene rings is 1. The summed E-state index contributed by atoms with van der Waals surface area (Å²) >= 11 is 0. The van der Waals surface area contributed by atoms with E-state index in [9.17, 15) is 4.79 Å². The maximum absolute atomic E-state index is 10.6. The predicted molar refractivity (Wildman–Crippen MR) is 87.9 cm³/mol. The van der Waals surface area contributed by atoms with E-state index in [-0.39, 0.29) is 5.97 Å². The largest absolute Gasteiger partial charge is 0.460 e. The molecule has 1 aromatic rings. The molecule has 0 aliphatic heterocycles. The van der Waals surface area contributed by atoms with Crippen LogP contribution in [0.15, 0.2) is 60.7 Å². The molecule has 4 nitrogen and oxygen atoms in total. The molecule has 0 amide bonds. The molecular formula is C18H21NO3. The van der Waals surface area contributed by atoms with Gasteiger partial charge in [0, 0.05) is 18.8 Å². The summed E-state index contributed by atoms with van der Waals surface area (Å²) in [5.74, 6) is -0.364. The normalized spacial score (nSPS) is 9.86. The number of ether oxygens (including phenoxy) is 2. The molecule has 0 aliphatic carbocycles. The van der Waals surface area contributed by atoms with E-state index in [0.29, 0.717) is 18.8 Å². The van der Waals surface area contributed by atoms with Gasteiger partial charge in [-0.25, -0.2) is 4.79 Å². The second-order valence-electron chi connectivity index (χ2n) is 4.17. The van der Waals surface area contributed by atoms with Gasteiger partial charge in [-0.3, -0.25) is 0 Å². The van der Waals surface area contributed by atoms with Gasteiger partial charge in [0.05, 0.1) is 12.7 Å². The molecule has 0 radical (unpaired) electrons. The van der Waals surface area contributed by atoms with Gasteiger partial charge in [-0.15, -0.1) is 0 Å². The van der Waals surface area contributed by atoms with Gasteiger partial charge in [0.15, 0.2) is 0 Å². The van der Waals surface area contributed by atoms with Gasteiger partial charge < -0.3 is 9.47 Å². The van der Waals surface area contributed by atoms with E-state index in [1.165, 1.54) is 6.08 Å². The minimum Gasteiger partial charge on any atom is -0.460 e. The van der Waals surface area contributed by atoms with Crippen LogP contribution in [0.5, 0.6) is 0 Å². The van der Waals surface area contributed by atoms with Crippen molar-refractivity contribution in [1.29, 1.82) is 5.26 Å². The van der Waals surface area contributed by atoms with Crippen LogP contribution in [-0.2, 0) is 14.3 Å². The van der Waals surface area contributed by atoms with Crippen LogP contribution in [0.25, 0.3) is 6.08 Å². The van der Waals surface area contributed by atoms with Gasteiger partial charge >= 0.3 is 5.97 Å². The predicted octanol–water partition coefficient (Wildman–Crippen LogP) is 3.53. The quantitative estimate of drug-likeness (QED) is 0.265. The van der Waals surface area contributed by atoms with Crippen molar-refractivity contribution >= 4 is 12.0 Å². The van der Waals surface area contributed by atoms with Crippen molar-refractivity contribution in [2.24, 2.45) is 0 Å². The molecule has 0 unspecified atom stereocenters. The lowest BCUT2D eigenvalue weighted by atomic mass is 10.2. The Labute approximate surface area is 132 Å². The summed E-state index contributed by atoms with van der Waals surface area (Å²) in [5, 5.41) is 8.19. The first-order valence-electron chi connectivity index (χ1n) is 6.71.